The summed E-state index contributed by atoms with van der Waals surface area (Å²) in [5.41, 5.74) is -1.35. The zero-order valence-electron chi connectivity index (χ0n) is 13.9. The maximum Gasteiger partial charge on any atom is 0.343 e. The van der Waals surface area contributed by atoms with Gasteiger partial charge in [0, 0.05) is 25.8 Å². The lowest BCUT2D eigenvalue weighted by Gasteiger charge is -2.29. The van der Waals surface area contributed by atoms with E-state index in [1.165, 1.54) is 4.90 Å². The Bertz CT molecular complexity index is 783. The molecule has 2 aliphatic rings. The molecule has 0 radical (unpaired) electrons. The lowest BCUT2D eigenvalue weighted by atomic mass is 10.1. The molecule has 0 spiro atoms. The molecule has 0 aliphatic carbocycles. The van der Waals surface area contributed by atoms with Crippen LogP contribution in [0.2, 0.25) is 0 Å². The van der Waals surface area contributed by atoms with Crippen LogP contribution < -0.4 is 10.2 Å². The van der Waals surface area contributed by atoms with Gasteiger partial charge in [0.15, 0.2) is 0 Å². The molecule has 1 unspecified atom stereocenters. The van der Waals surface area contributed by atoms with Crippen molar-refractivity contribution in [3.8, 4) is 0 Å². The SMILES string of the molecule is O=C1CN(C(=O)CCC(=O)N2CCC(F)(C(=O)O)C2)c2ccccc2N1. The van der Waals surface area contributed by atoms with Crippen LogP contribution in [0.4, 0.5) is 15.8 Å². The number of likely N-dealkylation sites (tertiary alicyclic amines) is 1. The average molecular weight is 363 g/mol. The van der Waals surface area contributed by atoms with Crippen molar-refractivity contribution in [1.82, 2.24) is 4.90 Å². The normalized spacial score (nSPS) is 22.0. The summed E-state index contributed by atoms with van der Waals surface area (Å²) in [7, 11) is 0. The molecule has 1 fully saturated rings. The first-order valence-corrected chi connectivity index (χ1v) is 8.19. The Morgan fingerprint density at radius 2 is 1.88 bits per heavy atom. The first-order chi connectivity index (χ1) is 12.3. The van der Waals surface area contributed by atoms with Gasteiger partial charge in [-0.3, -0.25) is 14.4 Å². The maximum atomic E-state index is 14.0. The monoisotopic (exact) mass is 363 g/mol. The van der Waals surface area contributed by atoms with Gasteiger partial charge in [0.2, 0.25) is 23.4 Å². The lowest BCUT2D eigenvalue weighted by molar-refractivity contribution is -0.150. The first-order valence-electron chi connectivity index (χ1n) is 8.19. The molecule has 2 heterocycles. The summed E-state index contributed by atoms with van der Waals surface area (Å²) in [6, 6.07) is 6.84. The van der Waals surface area contributed by atoms with Crippen LogP contribution in [-0.2, 0) is 19.2 Å². The summed E-state index contributed by atoms with van der Waals surface area (Å²) in [5, 5.41) is 11.5. The van der Waals surface area contributed by atoms with Gasteiger partial charge in [0.25, 0.3) is 0 Å². The summed E-state index contributed by atoms with van der Waals surface area (Å²) in [6.07, 6.45) is -0.584. The van der Waals surface area contributed by atoms with Gasteiger partial charge in [-0.1, -0.05) is 12.1 Å². The maximum absolute atomic E-state index is 14.0. The van der Waals surface area contributed by atoms with Gasteiger partial charge in [-0.15, -0.1) is 0 Å². The quantitative estimate of drug-likeness (QED) is 0.822. The molecule has 0 aromatic heterocycles. The van der Waals surface area contributed by atoms with Crippen molar-refractivity contribution in [3.05, 3.63) is 24.3 Å². The van der Waals surface area contributed by atoms with Crippen LogP contribution in [0.15, 0.2) is 24.3 Å². The zero-order valence-corrected chi connectivity index (χ0v) is 13.9. The molecule has 0 saturated carbocycles. The predicted molar refractivity (Wildman–Crippen MR) is 89.3 cm³/mol. The van der Waals surface area contributed by atoms with Crippen molar-refractivity contribution in [2.75, 3.05) is 29.9 Å². The van der Waals surface area contributed by atoms with E-state index in [9.17, 15) is 23.6 Å². The fourth-order valence-electron chi connectivity index (χ4n) is 3.12. The second kappa shape index (κ2) is 6.74. The summed E-state index contributed by atoms with van der Waals surface area (Å²) in [5.74, 6) is -2.79. The highest BCUT2D eigenvalue weighted by atomic mass is 19.1. The molecule has 9 heteroatoms. The number of amides is 3. The summed E-state index contributed by atoms with van der Waals surface area (Å²) in [4.78, 5) is 49.7. The fraction of sp³-hybridized carbons (Fsp3) is 0.412. The number of halogens is 1. The summed E-state index contributed by atoms with van der Waals surface area (Å²) >= 11 is 0. The van der Waals surface area contributed by atoms with Crippen LogP contribution >= 0.6 is 0 Å². The molecule has 2 aliphatic heterocycles. The molecule has 1 aromatic carbocycles. The van der Waals surface area contributed by atoms with E-state index in [-0.39, 0.29) is 38.3 Å². The number of hydrogen-bond acceptors (Lipinski definition) is 4. The van der Waals surface area contributed by atoms with Gasteiger partial charge in [-0.25, -0.2) is 9.18 Å². The standard InChI is InChI=1S/C17H18FN3O5/c18-17(16(25)26)7-8-20(10-17)14(23)5-6-15(24)21-9-13(22)19-11-3-1-2-4-12(11)21/h1-4H,5-10H2,(H,19,22)(H,25,26). The number of rotatable bonds is 4. The molecule has 3 rings (SSSR count). The van der Waals surface area contributed by atoms with Gasteiger partial charge in [-0.2, -0.15) is 0 Å². The van der Waals surface area contributed by atoms with Gasteiger partial charge < -0.3 is 20.2 Å². The van der Waals surface area contributed by atoms with Gasteiger partial charge in [-0.05, 0) is 12.1 Å². The minimum Gasteiger partial charge on any atom is -0.479 e. The van der Waals surface area contributed by atoms with E-state index >= 15 is 0 Å². The number of para-hydroxylation sites is 2. The second-order valence-electron chi connectivity index (χ2n) is 6.38. The fourth-order valence-corrected chi connectivity index (χ4v) is 3.12. The molecule has 1 aromatic rings. The van der Waals surface area contributed by atoms with Crippen LogP contribution in [0.5, 0.6) is 0 Å². The number of nitrogens with one attached hydrogen (secondary N) is 1. The van der Waals surface area contributed by atoms with Crippen LogP contribution in [0, 0.1) is 0 Å². The molecular weight excluding hydrogens is 345 g/mol. The number of carbonyl (C=O) groups excluding carboxylic acids is 3. The molecule has 1 saturated heterocycles. The number of hydrogen-bond donors (Lipinski definition) is 2. The topological polar surface area (TPSA) is 107 Å². The molecule has 2 N–H and O–H groups in total. The second-order valence-corrected chi connectivity index (χ2v) is 6.38. The molecule has 138 valence electrons. The van der Waals surface area contributed by atoms with Crippen LogP contribution in [0.3, 0.4) is 0 Å². The van der Waals surface area contributed by atoms with Gasteiger partial charge in [0.05, 0.1) is 17.9 Å². The molecule has 8 nitrogen and oxygen atoms in total. The highest BCUT2D eigenvalue weighted by Crippen LogP contribution is 2.30. The number of carboxylic acid groups (broad SMARTS) is 1. The number of carboxylic acids is 1. The number of fused-ring (bicyclic) bond motifs is 1. The van der Waals surface area contributed by atoms with E-state index in [1.807, 2.05) is 0 Å². The molecule has 0 bridgehead atoms. The highest BCUT2D eigenvalue weighted by molar-refractivity contribution is 6.10. The van der Waals surface area contributed by atoms with E-state index < -0.39 is 30.0 Å². The van der Waals surface area contributed by atoms with Crippen LogP contribution in [0.25, 0.3) is 0 Å². The Balaban J connectivity index is 1.60. The molecule has 3 amide bonds. The molecule has 26 heavy (non-hydrogen) atoms. The molecular formula is C17H18FN3O5. The van der Waals surface area contributed by atoms with Crippen molar-refractivity contribution in [3.63, 3.8) is 0 Å². The number of nitrogens with zero attached hydrogens (tertiary/aromatic N) is 2. The summed E-state index contributed by atoms with van der Waals surface area (Å²) in [6.45, 7) is -0.643. The van der Waals surface area contributed by atoms with Crippen molar-refractivity contribution in [1.29, 1.82) is 0 Å². The predicted octanol–water partition coefficient (Wildman–Crippen LogP) is 0.777. The lowest BCUT2D eigenvalue weighted by Crippen LogP contribution is -2.43. The Labute approximate surface area is 148 Å². The zero-order chi connectivity index (χ0) is 18.9. The van der Waals surface area contributed by atoms with E-state index in [0.29, 0.717) is 11.4 Å². The third kappa shape index (κ3) is 3.37. The Kier molecular flexibility index (Phi) is 4.62. The van der Waals surface area contributed by atoms with Gasteiger partial charge >= 0.3 is 5.97 Å². The molecule has 1 atom stereocenters. The van der Waals surface area contributed by atoms with E-state index in [1.54, 1.807) is 24.3 Å². The van der Waals surface area contributed by atoms with Crippen LogP contribution in [0.1, 0.15) is 19.3 Å². The Hall–Kier alpha value is -2.97. The smallest absolute Gasteiger partial charge is 0.343 e. The number of anilines is 2. The van der Waals surface area contributed by atoms with Crippen molar-refractivity contribution < 1.29 is 28.7 Å². The van der Waals surface area contributed by atoms with E-state index in [4.69, 9.17) is 5.11 Å². The third-order valence-electron chi connectivity index (χ3n) is 4.58. The minimum absolute atomic E-state index is 0.00474. The number of alkyl halides is 1. The number of benzene rings is 1. The number of carbonyl (C=O) groups is 4. The summed E-state index contributed by atoms with van der Waals surface area (Å²) < 4.78 is 14.0. The Morgan fingerprint density at radius 1 is 1.19 bits per heavy atom. The van der Waals surface area contributed by atoms with Crippen molar-refractivity contribution >= 4 is 35.1 Å². The highest BCUT2D eigenvalue weighted by Gasteiger charge is 2.46. The third-order valence-corrected chi connectivity index (χ3v) is 4.58. The van der Waals surface area contributed by atoms with Crippen LogP contribution in [-0.4, -0.2) is 59.0 Å². The average Bonchev–Trinajstić information content (AvgIpc) is 3.02. The van der Waals surface area contributed by atoms with Crippen molar-refractivity contribution in [2.24, 2.45) is 0 Å². The first kappa shape index (κ1) is 17.8. The van der Waals surface area contributed by atoms with Gasteiger partial charge in [0.1, 0.15) is 6.54 Å². The van der Waals surface area contributed by atoms with Crippen molar-refractivity contribution in [2.45, 2.75) is 24.9 Å². The number of aliphatic carboxylic acids is 1. The Morgan fingerprint density at radius 3 is 2.58 bits per heavy atom. The van der Waals surface area contributed by atoms with E-state index in [2.05, 4.69) is 5.32 Å². The minimum atomic E-state index is -2.43. The van der Waals surface area contributed by atoms with E-state index in [0.717, 1.165) is 4.90 Å². The largest absolute Gasteiger partial charge is 0.479 e.